The molecule has 1 N–H and O–H groups in total. The third kappa shape index (κ3) is 5.18. The second-order valence-corrected chi connectivity index (χ2v) is 17.9. The Morgan fingerprint density at radius 3 is 2.04 bits per heavy atom. The van der Waals surface area contributed by atoms with E-state index in [0.717, 1.165) is 49.7 Å². The molecule has 5 aliphatic carbocycles. The Morgan fingerprint density at radius 1 is 0.792 bits per heavy atom. The molecule has 10 atom stereocenters. The SMILES string of the molecule is CC1=C2C(=CC(O)C1OCc1ccccc1)[C@]1(C)CC[C@@]3(C)[C@@H]4C[C@](C)(C(=O)OCc5ccccc5)CC[C@]4(C)CC[C@]3(C)C1CC2C. The van der Waals surface area contributed by atoms with Crippen LogP contribution in [-0.4, -0.2) is 23.3 Å². The number of fused-ring (bicyclic) bond motifs is 7. The lowest BCUT2D eigenvalue weighted by atomic mass is 9.32. The van der Waals surface area contributed by atoms with Gasteiger partial charge in [0.05, 0.1) is 12.0 Å². The summed E-state index contributed by atoms with van der Waals surface area (Å²) in [4.78, 5) is 13.8. The molecule has 0 heterocycles. The first-order valence-electron chi connectivity index (χ1n) is 18.7. The number of carbonyl (C=O) groups excluding carboxylic acids is 1. The van der Waals surface area contributed by atoms with E-state index >= 15 is 0 Å². The maximum atomic E-state index is 13.8. The quantitative estimate of drug-likeness (QED) is 0.316. The summed E-state index contributed by atoms with van der Waals surface area (Å²) < 4.78 is 12.5. The number of esters is 1. The summed E-state index contributed by atoms with van der Waals surface area (Å²) in [5, 5.41) is 11.6. The van der Waals surface area contributed by atoms with Gasteiger partial charge in [-0.2, -0.15) is 0 Å². The zero-order valence-corrected chi connectivity index (χ0v) is 30.5. The molecule has 0 spiro atoms. The van der Waals surface area contributed by atoms with Crippen molar-refractivity contribution in [3.8, 4) is 0 Å². The molecular weight excluding hydrogens is 592 g/mol. The van der Waals surface area contributed by atoms with E-state index < -0.39 is 11.5 Å². The van der Waals surface area contributed by atoms with Crippen molar-refractivity contribution in [3.63, 3.8) is 0 Å². The van der Waals surface area contributed by atoms with Gasteiger partial charge in [0.1, 0.15) is 18.8 Å². The van der Waals surface area contributed by atoms with Crippen molar-refractivity contribution in [2.75, 3.05) is 0 Å². The number of aliphatic hydroxyl groups is 1. The summed E-state index contributed by atoms with van der Waals surface area (Å²) in [5.74, 6) is 1.36. The molecule has 48 heavy (non-hydrogen) atoms. The molecule has 4 saturated carbocycles. The minimum absolute atomic E-state index is 0.00304. The highest BCUT2D eigenvalue weighted by Gasteiger charge is 2.69. The third-order valence-corrected chi connectivity index (χ3v) is 15.2. The summed E-state index contributed by atoms with van der Waals surface area (Å²) in [6.07, 6.45) is 10.0. The van der Waals surface area contributed by atoms with Crippen molar-refractivity contribution < 1.29 is 19.4 Å². The lowest BCUT2D eigenvalue weighted by Gasteiger charge is -2.72. The van der Waals surface area contributed by atoms with Crippen molar-refractivity contribution in [3.05, 3.63) is 94.6 Å². The predicted octanol–water partition coefficient (Wildman–Crippen LogP) is 10.0. The van der Waals surface area contributed by atoms with Crippen molar-refractivity contribution in [2.45, 2.75) is 125 Å². The van der Waals surface area contributed by atoms with Gasteiger partial charge >= 0.3 is 5.97 Å². The van der Waals surface area contributed by atoms with E-state index in [4.69, 9.17) is 9.47 Å². The van der Waals surface area contributed by atoms with Gasteiger partial charge in [0.15, 0.2) is 0 Å². The Kier molecular flexibility index (Phi) is 8.43. The van der Waals surface area contributed by atoms with E-state index in [9.17, 15) is 9.90 Å². The van der Waals surface area contributed by atoms with Crippen molar-refractivity contribution >= 4 is 5.97 Å². The van der Waals surface area contributed by atoms with E-state index in [2.05, 4.69) is 66.7 Å². The highest BCUT2D eigenvalue weighted by Crippen LogP contribution is 2.77. The van der Waals surface area contributed by atoms with Crippen molar-refractivity contribution in [1.29, 1.82) is 0 Å². The molecule has 2 aromatic rings. The van der Waals surface area contributed by atoms with Crippen LogP contribution in [0.4, 0.5) is 0 Å². The van der Waals surface area contributed by atoms with E-state index in [1.807, 2.05) is 48.5 Å². The second-order valence-electron chi connectivity index (χ2n) is 17.9. The smallest absolute Gasteiger partial charge is 0.312 e. The first kappa shape index (κ1) is 33.8. The van der Waals surface area contributed by atoms with Crippen LogP contribution in [0.5, 0.6) is 0 Å². The zero-order chi connectivity index (χ0) is 34.1. The van der Waals surface area contributed by atoms with Crippen LogP contribution in [0.25, 0.3) is 0 Å². The first-order chi connectivity index (χ1) is 22.7. The maximum absolute atomic E-state index is 13.8. The normalized spacial score (nSPS) is 42.1. The molecule has 0 saturated heterocycles. The van der Waals surface area contributed by atoms with Gasteiger partial charge in [0.2, 0.25) is 0 Å². The molecule has 0 aliphatic heterocycles. The molecule has 4 fully saturated rings. The van der Waals surface area contributed by atoms with E-state index in [1.165, 1.54) is 29.6 Å². The average Bonchev–Trinajstić information content (AvgIpc) is 3.07. The summed E-state index contributed by atoms with van der Waals surface area (Å²) in [6, 6.07) is 20.4. The molecule has 4 unspecified atom stereocenters. The molecule has 258 valence electrons. The fourth-order valence-corrected chi connectivity index (χ4v) is 12.0. The molecular formula is C44H58O4. The molecule has 0 amide bonds. The van der Waals surface area contributed by atoms with E-state index in [-0.39, 0.29) is 33.7 Å². The molecule has 5 aliphatic rings. The van der Waals surface area contributed by atoms with Crippen LogP contribution in [0.1, 0.15) is 111 Å². The van der Waals surface area contributed by atoms with Gasteiger partial charge in [0.25, 0.3) is 0 Å². The molecule has 0 aromatic heterocycles. The number of carbonyl (C=O) groups is 1. The number of hydrogen-bond donors (Lipinski definition) is 1. The van der Waals surface area contributed by atoms with Gasteiger partial charge in [-0.3, -0.25) is 4.79 Å². The summed E-state index contributed by atoms with van der Waals surface area (Å²) >= 11 is 0. The molecule has 0 radical (unpaired) electrons. The number of allylic oxidation sites excluding steroid dienone is 2. The fourth-order valence-electron chi connectivity index (χ4n) is 12.0. The monoisotopic (exact) mass is 650 g/mol. The number of rotatable bonds is 6. The Bertz CT molecular complexity index is 1590. The van der Waals surface area contributed by atoms with Gasteiger partial charge in [-0.05, 0) is 139 Å². The van der Waals surface area contributed by atoms with Crippen LogP contribution in [-0.2, 0) is 27.5 Å². The van der Waals surface area contributed by atoms with Gasteiger partial charge < -0.3 is 14.6 Å². The highest BCUT2D eigenvalue weighted by atomic mass is 16.5. The largest absolute Gasteiger partial charge is 0.460 e. The topological polar surface area (TPSA) is 55.8 Å². The summed E-state index contributed by atoms with van der Waals surface area (Å²) in [5.41, 5.74) is 6.27. The fraction of sp³-hybridized carbons (Fsp3) is 0.614. The first-order valence-corrected chi connectivity index (χ1v) is 18.7. The van der Waals surface area contributed by atoms with Crippen LogP contribution < -0.4 is 0 Å². The molecule has 4 nitrogen and oxygen atoms in total. The molecule has 0 bridgehead atoms. The lowest BCUT2D eigenvalue weighted by Crippen LogP contribution is -2.65. The number of aliphatic hydroxyl groups excluding tert-OH is 1. The van der Waals surface area contributed by atoms with E-state index in [0.29, 0.717) is 31.0 Å². The molecule has 2 aromatic carbocycles. The van der Waals surface area contributed by atoms with Crippen LogP contribution in [0, 0.1) is 44.8 Å². The van der Waals surface area contributed by atoms with Gasteiger partial charge in [-0.15, -0.1) is 0 Å². The summed E-state index contributed by atoms with van der Waals surface area (Å²) in [6.45, 7) is 17.9. The van der Waals surface area contributed by atoms with Crippen LogP contribution in [0.3, 0.4) is 0 Å². The Balaban J connectivity index is 1.16. The minimum atomic E-state index is -0.646. The average molecular weight is 651 g/mol. The minimum Gasteiger partial charge on any atom is -0.460 e. The third-order valence-electron chi connectivity index (χ3n) is 15.2. The molecule has 4 heteroatoms. The van der Waals surface area contributed by atoms with Gasteiger partial charge in [-0.1, -0.05) is 95.3 Å². The van der Waals surface area contributed by atoms with Crippen LogP contribution in [0.15, 0.2) is 83.5 Å². The standard InChI is InChI=1S/C44H58O4/c1-29-24-35-42(5,33-25-34(45)38(30(2)37(29)33)47-27-31-14-10-8-11-15-31)21-23-44(7)36-26-41(4,19-18-40(36,3)20-22-43(35,44)6)39(46)48-28-32-16-12-9-13-17-32/h8-17,25,29,34-36,38,45H,18-24,26-28H2,1-7H3/t29?,34?,35?,36-,38?,40-,41-,42+,43-,44+/m1/s1. The molecule has 7 rings (SSSR count). The number of hydrogen-bond acceptors (Lipinski definition) is 4. The maximum Gasteiger partial charge on any atom is 0.312 e. The Morgan fingerprint density at radius 2 is 1.38 bits per heavy atom. The van der Waals surface area contributed by atoms with Gasteiger partial charge in [0, 0.05) is 0 Å². The van der Waals surface area contributed by atoms with Crippen LogP contribution in [0.2, 0.25) is 0 Å². The highest BCUT2D eigenvalue weighted by molar-refractivity contribution is 5.76. The van der Waals surface area contributed by atoms with Crippen LogP contribution >= 0.6 is 0 Å². The van der Waals surface area contributed by atoms with Crippen molar-refractivity contribution in [2.24, 2.45) is 44.8 Å². The zero-order valence-electron chi connectivity index (χ0n) is 30.5. The van der Waals surface area contributed by atoms with Gasteiger partial charge in [-0.25, -0.2) is 0 Å². The predicted molar refractivity (Wildman–Crippen MR) is 192 cm³/mol. The Labute approximate surface area is 289 Å². The lowest BCUT2D eigenvalue weighted by molar-refractivity contribution is -0.223. The van der Waals surface area contributed by atoms with E-state index in [1.54, 1.807) is 0 Å². The van der Waals surface area contributed by atoms with Crippen molar-refractivity contribution in [1.82, 2.24) is 0 Å². The number of benzene rings is 2. The second kappa shape index (κ2) is 12.0. The summed E-state index contributed by atoms with van der Waals surface area (Å²) in [7, 11) is 0. The Hall–Kier alpha value is -2.69. The number of ether oxygens (including phenoxy) is 2.